The van der Waals surface area contributed by atoms with E-state index < -0.39 is 0 Å². The summed E-state index contributed by atoms with van der Waals surface area (Å²) < 4.78 is 6.58. The van der Waals surface area contributed by atoms with Crippen molar-refractivity contribution in [2.24, 2.45) is 0 Å². The summed E-state index contributed by atoms with van der Waals surface area (Å²) in [4.78, 5) is 8.54. The predicted octanol–water partition coefficient (Wildman–Crippen LogP) is 5.34. The largest absolute Gasteiger partial charge is 0.485 e. The Hall–Kier alpha value is -3.20. The van der Waals surface area contributed by atoms with Crippen molar-refractivity contribution >= 4 is 5.57 Å². The van der Waals surface area contributed by atoms with Gasteiger partial charge in [0, 0.05) is 47.9 Å². The van der Waals surface area contributed by atoms with Gasteiger partial charge in [0.15, 0.2) is 6.10 Å². The van der Waals surface area contributed by atoms with Crippen LogP contribution < -0.4 is 0 Å². The Morgan fingerprint density at radius 3 is 2.12 bits per heavy atom. The predicted molar refractivity (Wildman–Crippen MR) is 103 cm³/mol. The Balaban J connectivity index is 1.75. The summed E-state index contributed by atoms with van der Waals surface area (Å²) in [5.74, 6) is 1.01. The Bertz CT molecular complexity index is 863. The molecule has 0 unspecified atom stereocenters. The zero-order valence-electron chi connectivity index (χ0n) is 14.5. The van der Waals surface area contributed by atoms with Crippen LogP contribution in [0.5, 0.6) is 0 Å². The summed E-state index contributed by atoms with van der Waals surface area (Å²) in [7, 11) is 0. The molecule has 3 nitrogen and oxygen atoms in total. The first-order chi connectivity index (χ1) is 12.9. The molecule has 0 spiro atoms. The Labute approximate surface area is 153 Å². The van der Waals surface area contributed by atoms with Gasteiger partial charge in [0.25, 0.3) is 0 Å². The zero-order valence-corrected chi connectivity index (χ0v) is 14.5. The topological polar surface area (TPSA) is 35.0 Å². The average molecular weight is 340 g/mol. The van der Waals surface area contributed by atoms with Crippen molar-refractivity contribution in [1.29, 1.82) is 0 Å². The molecule has 3 heteroatoms. The minimum atomic E-state index is -0.224. The van der Waals surface area contributed by atoms with Crippen molar-refractivity contribution < 1.29 is 4.74 Å². The van der Waals surface area contributed by atoms with Crippen LogP contribution in [0.3, 0.4) is 0 Å². The summed E-state index contributed by atoms with van der Waals surface area (Å²) in [5.41, 5.74) is 4.37. The number of hydrogen-bond donors (Lipinski definition) is 0. The van der Waals surface area contributed by atoms with Crippen LogP contribution in [0, 0.1) is 0 Å². The monoisotopic (exact) mass is 340 g/mol. The van der Waals surface area contributed by atoms with Crippen LogP contribution in [0.4, 0.5) is 0 Å². The second-order valence-electron chi connectivity index (χ2n) is 6.21. The number of allylic oxidation sites excluding steroid dienone is 4. The van der Waals surface area contributed by atoms with Gasteiger partial charge >= 0.3 is 0 Å². The lowest BCUT2D eigenvalue weighted by Gasteiger charge is -2.24. The SMILES string of the molecule is C1=CC(c2ccccc2)=C(OC(c2cccnc2)c2cccnc2)CC1. The second kappa shape index (κ2) is 7.79. The van der Waals surface area contributed by atoms with Crippen molar-refractivity contribution in [3.63, 3.8) is 0 Å². The fourth-order valence-electron chi connectivity index (χ4n) is 3.17. The number of rotatable bonds is 5. The van der Waals surface area contributed by atoms with E-state index >= 15 is 0 Å². The molecule has 26 heavy (non-hydrogen) atoms. The van der Waals surface area contributed by atoms with Gasteiger partial charge in [-0.1, -0.05) is 54.6 Å². The molecule has 3 aromatic rings. The molecule has 1 aliphatic rings. The van der Waals surface area contributed by atoms with E-state index in [1.165, 1.54) is 5.56 Å². The van der Waals surface area contributed by atoms with Crippen LogP contribution in [0.2, 0.25) is 0 Å². The molecule has 0 aliphatic heterocycles. The zero-order chi connectivity index (χ0) is 17.6. The van der Waals surface area contributed by atoms with Gasteiger partial charge in [-0.15, -0.1) is 0 Å². The normalized spacial score (nSPS) is 13.9. The molecular weight excluding hydrogens is 320 g/mol. The summed E-state index contributed by atoms with van der Waals surface area (Å²) >= 11 is 0. The van der Waals surface area contributed by atoms with Gasteiger partial charge in [-0.05, 0) is 24.1 Å². The van der Waals surface area contributed by atoms with E-state index in [4.69, 9.17) is 4.74 Å². The molecule has 0 atom stereocenters. The third-order valence-electron chi connectivity index (χ3n) is 4.44. The highest BCUT2D eigenvalue weighted by molar-refractivity contribution is 5.76. The van der Waals surface area contributed by atoms with Gasteiger partial charge in [0.1, 0.15) is 5.76 Å². The molecular formula is C23H20N2O. The van der Waals surface area contributed by atoms with Gasteiger partial charge < -0.3 is 4.74 Å². The fraction of sp³-hybridized carbons (Fsp3) is 0.130. The number of hydrogen-bond acceptors (Lipinski definition) is 3. The summed E-state index contributed by atoms with van der Waals surface area (Å²) in [5, 5.41) is 0. The van der Waals surface area contributed by atoms with Crippen LogP contribution in [-0.4, -0.2) is 9.97 Å². The van der Waals surface area contributed by atoms with E-state index in [1.807, 2.05) is 42.7 Å². The molecule has 2 heterocycles. The van der Waals surface area contributed by atoms with Crippen LogP contribution in [0.25, 0.3) is 5.57 Å². The number of pyridine rings is 2. The highest BCUT2D eigenvalue weighted by Crippen LogP contribution is 2.35. The molecule has 0 fully saturated rings. The summed E-state index contributed by atoms with van der Waals surface area (Å²) in [6.07, 6.45) is 13.3. The van der Waals surface area contributed by atoms with E-state index in [1.54, 1.807) is 12.4 Å². The van der Waals surface area contributed by atoms with Gasteiger partial charge in [-0.2, -0.15) is 0 Å². The molecule has 0 N–H and O–H groups in total. The van der Waals surface area contributed by atoms with E-state index in [-0.39, 0.29) is 6.10 Å². The lowest BCUT2D eigenvalue weighted by Crippen LogP contribution is -2.09. The molecule has 4 rings (SSSR count). The van der Waals surface area contributed by atoms with Crippen molar-refractivity contribution in [2.45, 2.75) is 18.9 Å². The molecule has 0 radical (unpaired) electrons. The third kappa shape index (κ3) is 3.57. The lowest BCUT2D eigenvalue weighted by molar-refractivity contribution is 0.143. The van der Waals surface area contributed by atoms with Crippen molar-refractivity contribution in [2.75, 3.05) is 0 Å². The van der Waals surface area contributed by atoms with Crippen LogP contribution in [-0.2, 0) is 4.74 Å². The minimum Gasteiger partial charge on any atom is -0.485 e. The molecule has 1 aliphatic carbocycles. The highest BCUT2D eigenvalue weighted by atomic mass is 16.5. The smallest absolute Gasteiger partial charge is 0.151 e. The first-order valence-corrected chi connectivity index (χ1v) is 8.83. The van der Waals surface area contributed by atoms with Crippen molar-refractivity contribution in [3.8, 4) is 0 Å². The molecule has 128 valence electrons. The number of aromatic nitrogens is 2. The Morgan fingerprint density at radius 2 is 1.50 bits per heavy atom. The second-order valence-corrected chi connectivity index (χ2v) is 6.21. The minimum absolute atomic E-state index is 0.224. The molecule has 2 aromatic heterocycles. The van der Waals surface area contributed by atoms with E-state index in [0.29, 0.717) is 0 Å². The van der Waals surface area contributed by atoms with E-state index in [9.17, 15) is 0 Å². The van der Waals surface area contributed by atoms with E-state index in [0.717, 1.165) is 35.3 Å². The molecule has 0 saturated carbocycles. The van der Waals surface area contributed by atoms with Gasteiger partial charge in [-0.25, -0.2) is 0 Å². The molecule has 0 bridgehead atoms. The third-order valence-corrected chi connectivity index (χ3v) is 4.44. The Morgan fingerprint density at radius 1 is 0.808 bits per heavy atom. The highest BCUT2D eigenvalue weighted by Gasteiger charge is 2.21. The standard InChI is InChI=1S/C23H20N2O/c1-2-8-18(9-3-1)21-12-4-5-13-22(21)26-23(19-10-6-14-24-16-19)20-11-7-15-25-17-20/h1-4,6-12,14-17,23H,5,13H2. The Kier molecular flexibility index (Phi) is 4.88. The van der Waals surface area contributed by atoms with Crippen molar-refractivity contribution in [1.82, 2.24) is 9.97 Å². The average Bonchev–Trinajstić information content (AvgIpc) is 2.74. The number of nitrogens with zero attached hydrogens (tertiary/aromatic N) is 2. The maximum absolute atomic E-state index is 6.58. The fourth-order valence-corrected chi connectivity index (χ4v) is 3.17. The summed E-state index contributed by atoms with van der Waals surface area (Å²) in [6, 6.07) is 18.4. The first-order valence-electron chi connectivity index (χ1n) is 8.83. The maximum Gasteiger partial charge on any atom is 0.151 e. The van der Waals surface area contributed by atoms with Crippen LogP contribution in [0.15, 0.2) is 97.3 Å². The van der Waals surface area contributed by atoms with Crippen molar-refractivity contribution in [3.05, 3.63) is 114 Å². The van der Waals surface area contributed by atoms with Gasteiger partial charge in [0.05, 0.1) is 0 Å². The summed E-state index contributed by atoms with van der Waals surface area (Å²) in [6.45, 7) is 0. The maximum atomic E-state index is 6.58. The molecule has 0 amide bonds. The van der Waals surface area contributed by atoms with Gasteiger partial charge in [0.2, 0.25) is 0 Å². The molecule has 0 saturated heterocycles. The van der Waals surface area contributed by atoms with Crippen LogP contribution in [0.1, 0.15) is 35.6 Å². The number of benzene rings is 1. The van der Waals surface area contributed by atoms with E-state index in [2.05, 4.69) is 46.4 Å². The first kappa shape index (κ1) is 16.3. The van der Waals surface area contributed by atoms with Gasteiger partial charge in [-0.3, -0.25) is 9.97 Å². The lowest BCUT2D eigenvalue weighted by atomic mass is 9.97. The molecule has 1 aromatic carbocycles. The quantitative estimate of drug-likeness (QED) is 0.628. The van der Waals surface area contributed by atoms with Crippen LogP contribution >= 0.6 is 0 Å². The number of ether oxygens (including phenoxy) is 1.